The van der Waals surface area contributed by atoms with E-state index in [1.165, 1.54) is 142 Å². The van der Waals surface area contributed by atoms with Crippen LogP contribution in [0.25, 0.3) is 195 Å². The Bertz CT molecular complexity index is 7690. The quantitative estimate of drug-likeness (QED) is 0.145. The number of fused-ring (bicyclic) bond motifs is 20. The molecule has 0 amide bonds. The van der Waals surface area contributed by atoms with E-state index in [1.54, 1.807) is 34.0 Å². The second-order valence-electron chi connectivity index (χ2n) is 27.8. The summed E-state index contributed by atoms with van der Waals surface area (Å²) in [4.78, 5) is 14.5. The first-order valence-corrected chi connectivity index (χ1v) is 39.7. The van der Waals surface area contributed by atoms with Crippen LogP contribution in [0.5, 0.6) is 0 Å². The number of thiazole rings is 3. The molecule has 0 saturated heterocycles. The van der Waals surface area contributed by atoms with Crippen LogP contribution in [0.15, 0.2) is 383 Å². The predicted octanol–water partition coefficient (Wildman–Crippen LogP) is 27.0. The molecule has 0 spiro atoms. The molecule has 24 rings (SSSR count). The van der Waals surface area contributed by atoms with E-state index >= 15 is 0 Å². The molecule has 0 saturated carbocycles. The molecule has 0 fully saturated rings. The van der Waals surface area contributed by atoms with Crippen molar-refractivity contribution in [2.24, 2.45) is 0 Å². The van der Waals surface area contributed by atoms with Crippen molar-refractivity contribution in [1.82, 2.24) is 42.4 Å². The number of hydrogen-bond acceptors (Lipinski definition) is 6. The highest BCUT2D eigenvalue weighted by Gasteiger charge is 2.26. The van der Waals surface area contributed by atoms with Crippen LogP contribution >= 0.6 is 34.0 Å². The van der Waals surface area contributed by atoms with Crippen molar-refractivity contribution in [3.05, 3.63) is 383 Å². The maximum atomic E-state index is 4.85. The molecule has 0 bridgehead atoms. The van der Waals surface area contributed by atoms with Gasteiger partial charge in [0.05, 0.1) is 84.8 Å². The first-order valence-electron chi connectivity index (χ1n) is 37.2. The summed E-state index contributed by atoms with van der Waals surface area (Å²) in [5, 5.41) is 21.6. The molecule has 9 nitrogen and oxygen atoms in total. The van der Waals surface area contributed by atoms with E-state index in [4.69, 9.17) is 15.0 Å². The minimum absolute atomic E-state index is 1.03. The van der Waals surface area contributed by atoms with Crippen molar-refractivity contribution in [3.63, 3.8) is 0 Å². The predicted molar refractivity (Wildman–Crippen MR) is 469 cm³/mol. The van der Waals surface area contributed by atoms with Crippen molar-refractivity contribution in [1.29, 1.82) is 0 Å². The summed E-state index contributed by atoms with van der Waals surface area (Å²) in [6.07, 6.45) is 6.04. The zero-order valence-electron chi connectivity index (χ0n) is 59.6. The number of nitrogens with zero attached hydrogens (tertiary/aromatic N) is 9. The molecule has 12 heteroatoms. The Labute approximate surface area is 648 Å². The summed E-state index contributed by atoms with van der Waals surface area (Å²) in [7, 11) is 0. The topological polar surface area (TPSA) is 68.2 Å². The van der Waals surface area contributed by atoms with Crippen molar-refractivity contribution in [2.75, 3.05) is 0 Å². The molecule has 0 aliphatic carbocycles. The summed E-state index contributed by atoms with van der Waals surface area (Å²) >= 11 is 5.19. The summed E-state index contributed by atoms with van der Waals surface area (Å²) in [5.41, 5.74) is 21.4. The molecule has 24 aromatic rings. The van der Waals surface area contributed by atoms with Crippen LogP contribution in [0.4, 0.5) is 0 Å². The molecule has 15 aromatic carbocycles. The molecule has 0 N–H and O–H groups in total. The van der Waals surface area contributed by atoms with Crippen molar-refractivity contribution >= 4 is 165 Å². The molecule has 9 aromatic heterocycles. The maximum absolute atomic E-state index is 4.85. The standard InChI is InChI=1S/3C33H21N3S/c1-3-11-22(12-4-1)33-34-21-32(37-33)36-29-18-10-8-16-25(29)27-19-26-24-15-7-9-17-28(24)35(30(26)20-31(27)36)23-13-5-2-6-14-23;1-3-11-22(12-4-1)33-34-21-30(37-33)36-29-18-10-8-16-25(29)27-20-19-26-24-15-7-9-17-28(24)35(31(26)32(27)36)23-13-5-2-6-14-23;1-3-11-22(12-4-1)33-34-21-30(37-33)36-27-18-10-8-16-25(27)32-29(36)20-19-28-31(32)24-15-7-9-17-26(24)35(28)23-13-5-2-6-14-23/h3*1-21H. The molecule has 111 heavy (non-hydrogen) atoms. The van der Waals surface area contributed by atoms with Gasteiger partial charge >= 0.3 is 0 Å². The number of rotatable bonds is 9. The van der Waals surface area contributed by atoms with Gasteiger partial charge in [0.2, 0.25) is 0 Å². The Morgan fingerprint density at radius 1 is 0.180 bits per heavy atom. The first-order chi connectivity index (χ1) is 55.1. The number of aromatic nitrogens is 9. The first kappa shape index (κ1) is 64.2. The van der Waals surface area contributed by atoms with Crippen LogP contribution in [-0.2, 0) is 0 Å². The third-order valence-electron chi connectivity index (χ3n) is 21.7. The summed E-state index contributed by atoms with van der Waals surface area (Å²) < 4.78 is 14.4. The second-order valence-corrected chi connectivity index (χ2v) is 30.9. The monoisotopic (exact) mass is 1470 g/mol. The van der Waals surface area contributed by atoms with E-state index in [1.807, 2.05) is 36.8 Å². The van der Waals surface area contributed by atoms with Gasteiger partial charge in [-0.05, 0) is 97.1 Å². The zero-order valence-corrected chi connectivity index (χ0v) is 62.1. The molecule has 0 unspecified atom stereocenters. The maximum Gasteiger partial charge on any atom is 0.125 e. The Hall–Kier alpha value is -14.0. The van der Waals surface area contributed by atoms with Crippen LogP contribution < -0.4 is 0 Å². The fourth-order valence-electron chi connectivity index (χ4n) is 17.0. The lowest BCUT2D eigenvalue weighted by atomic mass is 10.1. The minimum Gasteiger partial charge on any atom is -0.309 e. The Balaban J connectivity index is 0.000000102. The van der Waals surface area contributed by atoms with Gasteiger partial charge in [-0.15, -0.1) is 0 Å². The summed E-state index contributed by atoms with van der Waals surface area (Å²) in [6.45, 7) is 0. The van der Waals surface area contributed by atoms with Crippen molar-refractivity contribution in [2.45, 2.75) is 0 Å². The fraction of sp³-hybridized carbons (Fsp3) is 0. The van der Waals surface area contributed by atoms with Crippen molar-refractivity contribution in [3.8, 4) is 63.8 Å². The molecule has 0 aliphatic heterocycles. The zero-order chi connectivity index (χ0) is 73.0. The van der Waals surface area contributed by atoms with Crippen LogP contribution in [-0.4, -0.2) is 42.4 Å². The van der Waals surface area contributed by atoms with Gasteiger partial charge < -0.3 is 13.7 Å². The van der Waals surface area contributed by atoms with E-state index in [9.17, 15) is 0 Å². The Morgan fingerprint density at radius 2 is 0.450 bits per heavy atom. The van der Waals surface area contributed by atoms with Gasteiger partial charge in [-0.1, -0.05) is 301 Å². The number of para-hydroxylation sites is 9. The summed E-state index contributed by atoms with van der Waals surface area (Å²) in [6, 6.07) is 129. The molecule has 9 heterocycles. The van der Waals surface area contributed by atoms with Crippen LogP contribution in [0, 0.1) is 0 Å². The second kappa shape index (κ2) is 26.4. The van der Waals surface area contributed by atoms with Crippen LogP contribution in [0.1, 0.15) is 0 Å². The molecule has 0 aliphatic rings. The lowest BCUT2D eigenvalue weighted by Gasteiger charge is -2.11. The van der Waals surface area contributed by atoms with Gasteiger partial charge in [0.15, 0.2) is 0 Å². The fourth-order valence-corrected chi connectivity index (χ4v) is 19.8. The van der Waals surface area contributed by atoms with E-state index in [-0.39, 0.29) is 0 Å². The Morgan fingerprint density at radius 3 is 0.874 bits per heavy atom. The lowest BCUT2D eigenvalue weighted by molar-refractivity contribution is 1.16. The molecule has 0 radical (unpaired) electrons. The van der Waals surface area contributed by atoms with Gasteiger partial charge in [-0.25, -0.2) is 15.0 Å². The molecule has 0 atom stereocenters. The highest BCUT2D eigenvalue weighted by molar-refractivity contribution is 7.18. The van der Waals surface area contributed by atoms with E-state index in [0.29, 0.717) is 0 Å². The SMILES string of the molecule is c1ccc(-c2ncc(-n3c4ccccc4c4c5c6ccccc6n(-c6ccccc6)c5ccc43)s2)cc1.c1ccc(-c2ncc(-n3c4ccccc4c4cc5c6ccccc6n(-c6ccccc6)c5cc43)s2)cc1.c1ccc(-c2ncc(-n3c4ccccc4c4ccc5c6ccccc6n(-c6ccccc6)c5c43)s2)cc1. The van der Waals surface area contributed by atoms with Gasteiger partial charge in [0.25, 0.3) is 0 Å². The van der Waals surface area contributed by atoms with Gasteiger partial charge in [0, 0.05) is 98.4 Å². The van der Waals surface area contributed by atoms with E-state index in [0.717, 1.165) is 52.4 Å². The minimum atomic E-state index is 1.03. The lowest BCUT2D eigenvalue weighted by Crippen LogP contribution is -1.97. The average Bonchev–Trinajstić information content (AvgIpc) is 1.55. The Kier molecular flexibility index (Phi) is 15.3. The molecular weight excluding hydrogens is 1410 g/mol. The highest BCUT2D eigenvalue weighted by atomic mass is 32.1. The largest absolute Gasteiger partial charge is 0.309 e. The molecular formula is C99H63N9S3. The third-order valence-corrected chi connectivity index (χ3v) is 24.7. The number of benzene rings is 15. The third kappa shape index (κ3) is 10.4. The van der Waals surface area contributed by atoms with Gasteiger partial charge in [-0.2, -0.15) is 0 Å². The number of hydrogen-bond donors (Lipinski definition) is 0. The average molecular weight is 1470 g/mol. The molecule has 522 valence electrons. The summed E-state index contributed by atoms with van der Waals surface area (Å²) in [5.74, 6) is 0. The van der Waals surface area contributed by atoms with Crippen LogP contribution in [0.3, 0.4) is 0 Å². The smallest absolute Gasteiger partial charge is 0.125 e. The normalized spacial score (nSPS) is 11.8. The van der Waals surface area contributed by atoms with Crippen LogP contribution in [0.2, 0.25) is 0 Å². The van der Waals surface area contributed by atoms with Gasteiger partial charge in [-0.3, -0.25) is 13.7 Å². The highest BCUT2D eigenvalue weighted by Crippen LogP contribution is 2.47. The van der Waals surface area contributed by atoms with Gasteiger partial charge in [0.1, 0.15) is 30.0 Å². The van der Waals surface area contributed by atoms with Crippen molar-refractivity contribution < 1.29 is 0 Å². The van der Waals surface area contributed by atoms with E-state index in [2.05, 4.69) is 373 Å². The van der Waals surface area contributed by atoms with E-state index < -0.39 is 0 Å².